The summed E-state index contributed by atoms with van der Waals surface area (Å²) in [6, 6.07) is 16.9. The zero-order valence-electron chi connectivity index (χ0n) is 17.3. The molecular formula is C24H32N2O2S. The highest BCUT2D eigenvalue weighted by Crippen LogP contribution is 2.26. The molecule has 2 heterocycles. The van der Waals surface area contributed by atoms with Crippen molar-refractivity contribution in [2.45, 2.75) is 55.2 Å². The molecule has 2 saturated heterocycles. The van der Waals surface area contributed by atoms with Gasteiger partial charge in [0.2, 0.25) is 0 Å². The van der Waals surface area contributed by atoms with Gasteiger partial charge in [0.15, 0.2) is 9.84 Å². The third-order valence-corrected chi connectivity index (χ3v) is 8.85. The first-order valence-electron chi connectivity index (χ1n) is 10.9. The summed E-state index contributed by atoms with van der Waals surface area (Å²) in [5, 5.41) is 2.98. The zero-order valence-corrected chi connectivity index (χ0v) is 18.1. The molecule has 0 saturated carbocycles. The summed E-state index contributed by atoms with van der Waals surface area (Å²) in [6.45, 7) is 6.25. The van der Waals surface area contributed by atoms with Crippen LogP contribution in [0.2, 0.25) is 0 Å². The van der Waals surface area contributed by atoms with E-state index in [0.717, 1.165) is 37.2 Å². The van der Waals surface area contributed by atoms with Gasteiger partial charge in [-0.1, -0.05) is 36.4 Å². The van der Waals surface area contributed by atoms with Crippen LogP contribution in [0.1, 0.15) is 38.2 Å². The molecule has 0 amide bonds. The number of nitrogens with one attached hydrogen (secondary N) is 1. The molecule has 0 unspecified atom stereocenters. The maximum Gasteiger partial charge on any atom is 0.181 e. The Kier molecular flexibility index (Phi) is 6.38. The fourth-order valence-corrected chi connectivity index (χ4v) is 6.35. The molecule has 1 atom stereocenters. The SMILES string of the molecule is C[C@@H]1CCCN1CCc1ccc(-c2ccc(S(=O)(=O)C3CCNCC3)cc2)cc1. The van der Waals surface area contributed by atoms with Crippen molar-refractivity contribution < 1.29 is 8.42 Å². The number of hydrogen-bond donors (Lipinski definition) is 1. The maximum atomic E-state index is 12.9. The van der Waals surface area contributed by atoms with Crippen LogP contribution in [0.3, 0.4) is 0 Å². The molecule has 4 nitrogen and oxygen atoms in total. The summed E-state index contributed by atoms with van der Waals surface area (Å²) < 4.78 is 25.7. The Morgan fingerprint density at radius 3 is 2.14 bits per heavy atom. The first-order chi connectivity index (χ1) is 14.0. The van der Waals surface area contributed by atoms with Crippen LogP contribution in [-0.4, -0.2) is 50.8 Å². The quantitative estimate of drug-likeness (QED) is 0.782. The first-order valence-corrected chi connectivity index (χ1v) is 12.5. The minimum absolute atomic E-state index is 0.257. The third-order valence-electron chi connectivity index (χ3n) is 6.57. The highest BCUT2D eigenvalue weighted by Gasteiger charge is 2.28. The Bertz CT molecular complexity index is 901. The van der Waals surface area contributed by atoms with Crippen molar-refractivity contribution in [3.63, 3.8) is 0 Å². The highest BCUT2D eigenvalue weighted by molar-refractivity contribution is 7.92. The van der Waals surface area contributed by atoms with Gasteiger partial charge in [0.05, 0.1) is 10.1 Å². The number of likely N-dealkylation sites (tertiary alicyclic amines) is 1. The minimum Gasteiger partial charge on any atom is -0.317 e. The van der Waals surface area contributed by atoms with Gasteiger partial charge >= 0.3 is 0 Å². The Labute approximate surface area is 175 Å². The molecule has 2 fully saturated rings. The lowest BCUT2D eigenvalue weighted by Gasteiger charge is -2.22. The third kappa shape index (κ3) is 4.73. The van der Waals surface area contributed by atoms with Gasteiger partial charge < -0.3 is 10.2 Å². The minimum atomic E-state index is -3.23. The Hall–Kier alpha value is -1.69. The highest BCUT2D eigenvalue weighted by atomic mass is 32.2. The van der Waals surface area contributed by atoms with Gasteiger partial charge in [-0.15, -0.1) is 0 Å². The van der Waals surface area contributed by atoms with Crippen molar-refractivity contribution in [3.8, 4) is 11.1 Å². The maximum absolute atomic E-state index is 12.9. The number of rotatable bonds is 6. The van der Waals surface area contributed by atoms with Crippen LogP contribution in [0.4, 0.5) is 0 Å². The lowest BCUT2D eigenvalue weighted by Crippen LogP contribution is -2.35. The molecule has 5 heteroatoms. The fourth-order valence-electron chi connectivity index (χ4n) is 4.60. The van der Waals surface area contributed by atoms with Gasteiger partial charge in [0.1, 0.15) is 0 Å². The molecule has 0 bridgehead atoms. The molecule has 2 aliphatic rings. The molecule has 156 valence electrons. The molecular weight excluding hydrogens is 380 g/mol. The molecule has 0 spiro atoms. The molecule has 2 aromatic carbocycles. The summed E-state index contributed by atoms with van der Waals surface area (Å²) in [4.78, 5) is 3.03. The Balaban J connectivity index is 1.41. The van der Waals surface area contributed by atoms with Crippen LogP contribution in [-0.2, 0) is 16.3 Å². The number of sulfone groups is 1. The van der Waals surface area contributed by atoms with E-state index in [2.05, 4.69) is 41.4 Å². The second-order valence-corrected chi connectivity index (χ2v) is 10.7. The van der Waals surface area contributed by atoms with Crippen LogP contribution in [0.15, 0.2) is 53.4 Å². The average molecular weight is 413 g/mol. The van der Waals surface area contributed by atoms with Crippen molar-refractivity contribution in [3.05, 3.63) is 54.1 Å². The standard InChI is InChI=1S/C24H32N2O2S/c1-19-3-2-17-26(19)18-14-20-4-6-21(7-5-20)22-8-10-23(11-9-22)29(27,28)24-12-15-25-16-13-24/h4-11,19,24-25H,2-3,12-18H2,1H3/t19-/m1/s1. The Morgan fingerprint density at radius 1 is 0.931 bits per heavy atom. The van der Waals surface area contributed by atoms with E-state index in [0.29, 0.717) is 23.8 Å². The molecule has 2 aromatic rings. The lowest BCUT2D eigenvalue weighted by molar-refractivity contribution is 0.272. The number of benzene rings is 2. The Morgan fingerprint density at radius 2 is 1.55 bits per heavy atom. The van der Waals surface area contributed by atoms with Crippen LogP contribution >= 0.6 is 0 Å². The summed E-state index contributed by atoms with van der Waals surface area (Å²) >= 11 is 0. The van der Waals surface area contributed by atoms with Crippen LogP contribution in [0.25, 0.3) is 11.1 Å². The van der Waals surface area contributed by atoms with Gasteiger partial charge in [0, 0.05) is 12.6 Å². The number of hydrogen-bond acceptors (Lipinski definition) is 4. The van der Waals surface area contributed by atoms with E-state index in [1.54, 1.807) is 12.1 Å². The second-order valence-electron chi connectivity index (χ2n) is 8.49. The van der Waals surface area contributed by atoms with Gasteiger partial charge in [-0.25, -0.2) is 8.42 Å². The van der Waals surface area contributed by atoms with Crippen molar-refractivity contribution >= 4 is 9.84 Å². The van der Waals surface area contributed by atoms with Gasteiger partial charge in [-0.2, -0.15) is 0 Å². The largest absolute Gasteiger partial charge is 0.317 e. The number of piperidine rings is 1. The van der Waals surface area contributed by atoms with E-state index in [-0.39, 0.29) is 5.25 Å². The van der Waals surface area contributed by atoms with E-state index in [1.807, 2.05) is 12.1 Å². The monoisotopic (exact) mass is 412 g/mol. The van der Waals surface area contributed by atoms with Gasteiger partial charge in [0.25, 0.3) is 0 Å². The summed E-state index contributed by atoms with van der Waals surface area (Å²) in [7, 11) is -3.23. The summed E-state index contributed by atoms with van der Waals surface area (Å²) in [5.74, 6) is 0. The van der Waals surface area contributed by atoms with Crippen molar-refractivity contribution in [1.29, 1.82) is 0 Å². The summed E-state index contributed by atoms with van der Waals surface area (Å²) in [5.41, 5.74) is 3.56. The molecule has 2 aliphatic heterocycles. The van der Waals surface area contributed by atoms with E-state index < -0.39 is 9.84 Å². The van der Waals surface area contributed by atoms with E-state index in [4.69, 9.17) is 0 Å². The van der Waals surface area contributed by atoms with Crippen molar-refractivity contribution in [2.24, 2.45) is 0 Å². The van der Waals surface area contributed by atoms with Gasteiger partial charge in [-0.05, 0) is 87.5 Å². The second kappa shape index (κ2) is 8.99. The number of nitrogens with zero attached hydrogens (tertiary/aromatic N) is 1. The average Bonchev–Trinajstić information content (AvgIpc) is 3.18. The summed E-state index contributed by atoms with van der Waals surface area (Å²) in [6.07, 6.45) is 5.12. The van der Waals surface area contributed by atoms with Crippen LogP contribution < -0.4 is 5.32 Å². The molecule has 1 N–H and O–H groups in total. The van der Waals surface area contributed by atoms with Gasteiger partial charge in [-0.3, -0.25) is 0 Å². The van der Waals surface area contributed by atoms with Crippen LogP contribution in [0.5, 0.6) is 0 Å². The van der Waals surface area contributed by atoms with Crippen molar-refractivity contribution in [2.75, 3.05) is 26.2 Å². The fraction of sp³-hybridized carbons (Fsp3) is 0.500. The lowest BCUT2D eigenvalue weighted by atomic mass is 10.0. The van der Waals surface area contributed by atoms with Crippen LogP contribution in [0, 0.1) is 0 Å². The molecule has 4 rings (SSSR count). The first kappa shape index (κ1) is 20.6. The van der Waals surface area contributed by atoms with E-state index in [1.165, 1.54) is 24.9 Å². The predicted molar refractivity (Wildman–Crippen MR) is 119 cm³/mol. The molecule has 29 heavy (non-hydrogen) atoms. The molecule has 0 aliphatic carbocycles. The smallest absolute Gasteiger partial charge is 0.181 e. The normalized spacial score (nSPS) is 21.5. The van der Waals surface area contributed by atoms with E-state index in [9.17, 15) is 8.42 Å². The zero-order chi connectivity index (χ0) is 20.3. The molecule has 0 aromatic heterocycles. The molecule has 0 radical (unpaired) electrons. The van der Waals surface area contributed by atoms with E-state index >= 15 is 0 Å². The topological polar surface area (TPSA) is 49.4 Å². The van der Waals surface area contributed by atoms with Crippen molar-refractivity contribution in [1.82, 2.24) is 10.2 Å². The predicted octanol–water partition coefficient (Wildman–Crippen LogP) is 3.91.